The summed E-state index contributed by atoms with van der Waals surface area (Å²) in [5, 5.41) is 9.47. The zero-order valence-electron chi connectivity index (χ0n) is 13.7. The van der Waals surface area contributed by atoms with Crippen LogP contribution in [0.15, 0.2) is 76.1 Å². The van der Waals surface area contributed by atoms with Crippen LogP contribution in [0.2, 0.25) is 5.02 Å². The molecule has 0 saturated heterocycles. The predicted molar refractivity (Wildman–Crippen MR) is 108 cm³/mol. The van der Waals surface area contributed by atoms with Crippen molar-refractivity contribution in [1.29, 1.82) is 5.26 Å². The van der Waals surface area contributed by atoms with Gasteiger partial charge in [0.15, 0.2) is 0 Å². The average molecular weight is 464 g/mol. The molecule has 8 heteroatoms. The van der Waals surface area contributed by atoms with Crippen LogP contribution < -0.4 is 9.46 Å². The molecule has 0 saturated carbocycles. The Labute approximate surface area is 170 Å². The molecule has 136 valence electrons. The monoisotopic (exact) mass is 462 g/mol. The molecule has 0 aliphatic heterocycles. The minimum Gasteiger partial charge on any atom is -0.456 e. The number of nitriles is 1. The Morgan fingerprint density at radius 3 is 2.41 bits per heavy atom. The van der Waals surface area contributed by atoms with E-state index >= 15 is 0 Å². The van der Waals surface area contributed by atoms with E-state index in [2.05, 4.69) is 20.7 Å². The van der Waals surface area contributed by atoms with Crippen LogP contribution in [-0.2, 0) is 10.0 Å². The molecule has 0 atom stereocenters. The summed E-state index contributed by atoms with van der Waals surface area (Å²) in [6, 6.07) is 19.6. The van der Waals surface area contributed by atoms with Crippen molar-refractivity contribution in [3.05, 3.63) is 81.8 Å². The lowest BCUT2D eigenvalue weighted by Gasteiger charge is -2.11. The first-order valence-electron chi connectivity index (χ1n) is 7.64. The number of hydrogen-bond donors (Lipinski definition) is 1. The van der Waals surface area contributed by atoms with Crippen molar-refractivity contribution in [2.45, 2.75) is 4.90 Å². The number of rotatable bonds is 5. The highest BCUT2D eigenvalue weighted by atomic mass is 79.9. The van der Waals surface area contributed by atoms with Gasteiger partial charge in [-0.1, -0.05) is 39.7 Å². The van der Waals surface area contributed by atoms with Crippen molar-refractivity contribution in [2.75, 3.05) is 4.72 Å². The lowest BCUT2D eigenvalue weighted by molar-refractivity contribution is 0.480. The van der Waals surface area contributed by atoms with E-state index in [0.717, 1.165) is 4.47 Å². The summed E-state index contributed by atoms with van der Waals surface area (Å²) in [6.07, 6.45) is 0. The van der Waals surface area contributed by atoms with Crippen LogP contribution >= 0.6 is 27.5 Å². The number of ether oxygens (including phenoxy) is 1. The Balaban J connectivity index is 1.81. The van der Waals surface area contributed by atoms with E-state index in [1.54, 1.807) is 42.5 Å². The molecule has 0 aliphatic rings. The maximum absolute atomic E-state index is 12.5. The highest BCUT2D eigenvalue weighted by molar-refractivity contribution is 9.10. The van der Waals surface area contributed by atoms with Gasteiger partial charge in [0.05, 0.1) is 9.92 Å². The molecule has 0 unspecified atom stereocenters. The summed E-state index contributed by atoms with van der Waals surface area (Å²) in [5.74, 6) is 0.683. The lowest BCUT2D eigenvalue weighted by Crippen LogP contribution is -2.12. The van der Waals surface area contributed by atoms with Crippen molar-refractivity contribution in [3.8, 4) is 17.6 Å². The first-order valence-corrected chi connectivity index (χ1v) is 10.3. The van der Waals surface area contributed by atoms with Gasteiger partial charge in [-0.05, 0) is 54.6 Å². The quantitative estimate of drug-likeness (QED) is 0.536. The molecule has 0 bridgehead atoms. The molecule has 0 amide bonds. The van der Waals surface area contributed by atoms with Gasteiger partial charge in [-0.3, -0.25) is 4.72 Å². The molecule has 3 aromatic carbocycles. The van der Waals surface area contributed by atoms with Crippen molar-refractivity contribution in [1.82, 2.24) is 0 Å². The van der Waals surface area contributed by atoms with Gasteiger partial charge in [-0.15, -0.1) is 0 Å². The minimum atomic E-state index is -3.74. The number of benzene rings is 3. The van der Waals surface area contributed by atoms with Gasteiger partial charge in [0, 0.05) is 10.2 Å². The summed E-state index contributed by atoms with van der Waals surface area (Å²) < 4.78 is 33.9. The molecular weight excluding hydrogens is 452 g/mol. The summed E-state index contributed by atoms with van der Waals surface area (Å²) >= 11 is 9.28. The zero-order valence-corrected chi connectivity index (χ0v) is 16.8. The molecule has 3 rings (SSSR count). The van der Waals surface area contributed by atoms with E-state index in [9.17, 15) is 13.7 Å². The van der Waals surface area contributed by atoms with Crippen LogP contribution in [0, 0.1) is 11.3 Å². The summed E-state index contributed by atoms with van der Waals surface area (Å²) in [7, 11) is -3.74. The summed E-state index contributed by atoms with van der Waals surface area (Å²) in [4.78, 5) is 0.0847. The van der Waals surface area contributed by atoms with Crippen LogP contribution in [0.3, 0.4) is 0 Å². The molecule has 0 aromatic heterocycles. The van der Waals surface area contributed by atoms with Gasteiger partial charge >= 0.3 is 0 Å². The third-order valence-electron chi connectivity index (χ3n) is 3.53. The predicted octanol–water partition coefficient (Wildman–Crippen LogP) is 5.57. The third kappa shape index (κ3) is 4.61. The van der Waals surface area contributed by atoms with E-state index in [-0.39, 0.29) is 15.5 Å². The van der Waals surface area contributed by atoms with Crippen molar-refractivity contribution < 1.29 is 13.2 Å². The highest BCUT2D eigenvalue weighted by Gasteiger charge is 2.15. The summed E-state index contributed by atoms with van der Waals surface area (Å²) in [6.45, 7) is 0. The molecule has 5 nitrogen and oxygen atoms in total. The van der Waals surface area contributed by atoms with Crippen LogP contribution in [0.25, 0.3) is 0 Å². The van der Waals surface area contributed by atoms with Crippen LogP contribution in [0.4, 0.5) is 5.69 Å². The van der Waals surface area contributed by atoms with E-state index in [1.807, 2.05) is 6.07 Å². The van der Waals surface area contributed by atoms with Gasteiger partial charge in [-0.2, -0.15) is 5.26 Å². The number of halogens is 2. The first kappa shape index (κ1) is 19.2. The maximum atomic E-state index is 12.5. The number of nitrogens with one attached hydrogen (secondary N) is 1. The fourth-order valence-electron chi connectivity index (χ4n) is 2.28. The Morgan fingerprint density at radius 1 is 1.04 bits per heavy atom. The standard InChI is InChI=1S/C19H12BrClN2O3S/c20-13-3-1-4-14(11-13)23-27(24,25)16-9-7-15(8-10-16)26-19-6-2-5-18(21)17(19)12-22/h1-11,23H. The average Bonchev–Trinajstić information content (AvgIpc) is 2.62. The lowest BCUT2D eigenvalue weighted by atomic mass is 10.2. The number of sulfonamides is 1. The largest absolute Gasteiger partial charge is 0.456 e. The molecule has 0 fully saturated rings. The Morgan fingerprint density at radius 2 is 1.74 bits per heavy atom. The fraction of sp³-hybridized carbons (Fsp3) is 0. The van der Waals surface area contributed by atoms with E-state index in [1.165, 1.54) is 24.3 Å². The highest BCUT2D eigenvalue weighted by Crippen LogP contribution is 2.30. The third-order valence-corrected chi connectivity index (χ3v) is 5.73. The van der Waals surface area contributed by atoms with Crippen molar-refractivity contribution in [2.24, 2.45) is 0 Å². The number of nitrogens with zero attached hydrogens (tertiary/aromatic N) is 1. The second-order valence-electron chi connectivity index (χ2n) is 5.41. The van der Waals surface area contributed by atoms with Gasteiger partial charge in [0.25, 0.3) is 10.0 Å². The Kier molecular flexibility index (Phi) is 5.71. The molecule has 0 spiro atoms. The fourth-order valence-corrected chi connectivity index (χ4v) is 3.93. The van der Waals surface area contributed by atoms with Crippen molar-refractivity contribution >= 4 is 43.2 Å². The van der Waals surface area contributed by atoms with E-state index < -0.39 is 10.0 Å². The van der Waals surface area contributed by atoms with Gasteiger partial charge in [0.2, 0.25) is 0 Å². The maximum Gasteiger partial charge on any atom is 0.261 e. The topological polar surface area (TPSA) is 79.2 Å². The Bertz CT molecular complexity index is 1130. The van der Waals surface area contributed by atoms with Crippen molar-refractivity contribution in [3.63, 3.8) is 0 Å². The SMILES string of the molecule is N#Cc1c(Cl)cccc1Oc1ccc(S(=O)(=O)Nc2cccc(Br)c2)cc1. The smallest absolute Gasteiger partial charge is 0.261 e. The molecule has 0 radical (unpaired) electrons. The molecular formula is C19H12BrClN2O3S. The normalized spacial score (nSPS) is 10.9. The molecule has 27 heavy (non-hydrogen) atoms. The van der Waals surface area contributed by atoms with E-state index in [4.69, 9.17) is 16.3 Å². The summed E-state index contributed by atoms with van der Waals surface area (Å²) in [5.41, 5.74) is 0.662. The molecule has 1 N–H and O–H groups in total. The van der Waals surface area contributed by atoms with Gasteiger partial charge in [-0.25, -0.2) is 8.42 Å². The number of anilines is 1. The van der Waals surface area contributed by atoms with Crippen LogP contribution in [0.1, 0.15) is 5.56 Å². The second-order valence-corrected chi connectivity index (χ2v) is 8.42. The van der Waals surface area contributed by atoms with Gasteiger partial charge < -0.3 is 4.74 Å². The Hall–Kier alpha value is -2.53. The molecule has 0 aliphatic carbocycles. The molecule has 0 heterocycles. The second kappa shape index (κ2) is 8.01. The van der Waals surface area contributed by atoms with Gasteiger partial charge in [0.1, 0.15) is 23.1 Å². The molecule has 3 aromatic rings. The van der Waals surface area contributed by atoms with Crippen LogP contribution in [-0.4, -0.2) is 8.42 Å². The zero-order chi connectivity index (χ0) is 19.4. The first-order chi connectivity index (χ1) is 12.9. The van der Waals surface area contributed by atoms with E-state index in [0.29, 0.717) is 17.2 Å². The number of hydrogen-bond acceptors (Lipinski definition) is 4. The van der Waals surface area contributed by atoms with Crippen LogP contribution in [0.5, 0.6) is 11.5 Å². The minimum absolute atomic E-state index is 0.0847.